The Bertz CT molecular complexity index is 915. The highest BCUT2D eigenvalue weighted by Crippen LogP contribution is 2.27. The molecule has 2 aromatic rings. The van der Waals surface area contributed by atoms with Crippen LogP contribution in [0.4, 0.5) is 5.82 Å². The highest BCUT2D eigenvalue weighted by atomic mass is 16.5. The lowest BCUT2D eigenvalue weighted by molar-refractivity contribution is -0.137. The number of aromatic nitrogens is 2. The van der Waals surface area contributed by atoms with Crippen LogP contribution in [0.25, 0.3) is 0 Å². The number of allylic oxidation sites excluding steroid dienone is 2. The van der Waals surface area contributed by atoms with Gasteiger partial charge in [0.05, 0.1) is 19.6 Å². The molecule has 2 unspecified atom stereocenters. The molecule has 0 aromatic carbocycles. The van der Waals surface area contributed by atoms with Crippen LogP contribution in [-0.4, -0.2) is 45.9 Å². The Hall–Kier alpha value is -2.93. The van der Waals surface area contributed by atoms with Crippen molar-refractivity contribution in [3.05, 3.63) is 59.4 Å². The minimum absolute atomic E-state index is 0.0306. The largest absolute Gasteiger partial charge is 0.481 e. The quantitative estimate of drug-likeness (QED) is 0.269. The number of aryl methyl sites for hydroxylation is 2. The molecule has 0 saturated carbocycles. The van der Waals surface area contributed by atoms with Crippen molar-refractivity contribution in [2.24, 2.45) is 0 Å². The average Bonchev–Trinajstić information content (AvgIpc) is 2.87. The van der Waals surface area contributed by atoms with Gasteiger partial charge in [0.25, 0.3) is 0 Å². The average molecular weight is 484 g/mol. The number of pyridine rings is 2. The molecule has 0 aliphatic carbocycles. The molecule has 7 heteroatoms. The van der Waals surface area contributed by atoms with Crippen LogP contribution in [0.3, 0.4) is 0 Å². The first-order chi connectivity index (χ1) is 17.0. The summed E-state index contributed by atoms with van der Waals surface area (Å²) < 4.78 is 5.06. The summed E-state index contributed by atoms with van der Waals surface area (Å²) in [5.74, 6) is 0.349. The number of rotatable bonds is 12. The van der Waals surface area contributed by atoms with Gasteiger partial charge < -0.3 is 20.3 Å². The van der Waals surface area contributed by atoms with Crippen LogP contribution in [0.1, 0.15) is 81.5 Å². The monoisotopic (exact) mass is 483 g/mol. The second-order valence-electron chi connectivity index (χ2n) is 8.88. The number of fused-ring (bicyclic) bond motifs is 1. The molecule has 0 radical (unpaired) electrons. The lowest BCUT2D eigenvalue weighted by Crippen LogP contribution is -2.16. The minimum atomic E-state index is -0.880. The maximum absolute atomic E-state index is 11.3. The lowest BCUT2D eigenvalue weighted by Gasteiger charge is -2.19. The topological polar surface area (TPSA) is 105 Å². The van der Waals surface area contributed by atoms with E-state index in [2.05, 4.69) is 41.5 Å². The van der Waals surface area contributed by atoms with E-state index in [0.717, 1.165) is 62.1 Å². The van der Waals surface area contributed by atoms with Gasteiger partial charge in [-0.25, -0.2) is 9.97 Å². The molecule has 0 bridgehead atoms. The first-order valence-electron chi connectivity index (χ1n) is 12.7. The van der Waals surface area contributed by atoms with E-state index in [-0.39, 0.29) is 12.3 Å². The molecular formula is C28H41N3O4. The predicted molar refractivity (Wildman–Crippen MR) is 140 cm³/mol. The number of aliphatic hydroxyl groups is 1. The Kier molecular flexibility index (Phi) is 12.8. The van der Waals surface area contributed by atoms with Gasteiger partial charge in [0, 0.05) is 24.5 Å². The standard InChI is InChI=1S/C23H31N3O4.C5H10/c1-30-21-11-9-17(15-25-21)18(14-22(28)29)13-20(27)7-3-2-6-19-10-8-16-5-4-12-24-23(16)26-19;1-3-5-4-2/h8-11,15,18,20,27H,2-7,12-14H2,1H3,(H,24,26)(H,28,29);3,5H,4H2,1-2H3/b;5-3+. The van der Waals surface area contributed by atoms with Crippen molar-refractivity contribution in [2.45, 2.75) is 83.7 Å². The normalized spacial score (nSPS) is 14.3. The van der Waals surface area contributed by atoms with Crippen molar-refractivity contribution < 1.29 is 19.7 Å². The number of carboxylic acids is 1. The first-order valence-corrected chi connectivity index (χ1v) is 12.7. The van der Waals surface area contributed by atoms with Crippen LogP contribution in [0.15, 0.2) is 42.6 Å². The molecule has 3 heterocycles. The third kappa shape index (κ3) is 10.5. The number of aliphatic carboxylic acids is 1. The first kappa shape index (κ1) is 28.3. The number of hydrogen-bond acceptors (Lipinski definition) is 6. The van der Waals surface area contributed by atoms with Crippen LogP contribution in [0.5, 0.6) is 5.88 Å². The van der Waals surface area contributed by atoms with Crippen LogP contribution in [0.2, 0.25) is 0 Å². The Morgan fingerprint density at radius 1 is 1.26 bits per heavy atom. The summed E-state index contributed by atoms with van der Waals surface area (Å²) in [5.41, 5.74) is 3.17. The van der Waals surface area contributed by atoms with Gasteiger partial charge in [-0.2, -0.15) is 0 Å². The van der Waals surface area contributed by atoms with Crippen molar-refractivity contribution in [3.63, 3.8) is 0 Å². The van der Waals surface area contributed by atoms with Crippen LogP contribution in [-0.2, 0) is 17.6 Å². The van der Waals surface area contributed by atoms with Gasteiger partial charge in [-0.05, 0) is 75.0 Å². The zero-order valence-electron chi connectivity index (χ0n) is 21.4. The molecule has 7 nitrogen and oxygen atoms in total. The number of nitrogens with one attached hydrogen (secondary N) is 1. The van der Waals surface area contributed by atoms with E-state index in [9.17, 15) is 15.0 Å². The van der Waals surface area contributed by atoms with Crippen molar-refractivity contribution in [1.82, 2.24) is 9.97 Å². The Morgan fingerprint density at radius 3 is 2.71 bits per heavy atom. The van der Waals surface area contributed by atoms with Crippen molar-refractivity contribution in [3.8, 4) is 5.88 Å². The molecule has 0 amide bonds. The summed E-state index contributed by atoms with van der Waals surface area (Å²) in [7, 11) is 1.54. The number of carbonyl (C=O) groups is 1. The third-order valence-corrected chi connectivity index (χ3v) is 6.06. The molecule has 35 heavy (non-hydrogen) atoms. The summed E-state index contributed by atoms with van der Waals surface area (Å²) in [4.78, 5) is 20.1. The molecule has 0 saturated heterocycles. The van der Waals surface area contributed by atoms with E-state index in [1.807, 2.05) is 13.0 Å². The predicted octanol–water partition coefficient (Wildman–Crippen LogP) is 5.54. The number of nitrogens with zero attached hydrogens (tertiary/aromatic N) is 2. The SMILES string of the molecule is C/C=C/CC.COc1ccc(C(CC(=O)O)CC(O)CCCCc2ccc3c(n2)NCCC3)cn1. The second-order valence-corrected chi connectivity index (χ2v) is 8.88. The summed E-state index contributed by atoms with van der Waals surface area (Å²) in [5, 5.41) is 23.1. The Balaban J connectivity index is 0.000000784. The second kappa shape index (κ2) is 15.9. The van der Waals surface area contributed by atoms with Crippen molar-refractivity contribution >= 4 is 11.8 Å². The van der Waals surface area contributed by atoms with Gasteiger partial charge in [0.1, 0.15) is 5.82 Å². The Morgan fingerprint density at radius 2 is 2.09 bits per heavy atom. The molecule has 0 spiro atoms. The molecule has 192 valence electrons. The van der Waals surface area contributed by atoms with Gasteiger partial charge >= 0.3 is 5.97 Å². The molecular weight excluding hydrogens is 442 g/mol. The molecule has 3 rings (SSSR count). The number of anilines is 1. The van der Waals surface area contributed by atoms with Crippen LogP contribution in [0, 0.1) is 0 Å². The maximum Gasteiger partial charge on any atom is 0.303 e. The minimum Gasteiger partial charge on any atom is -0.481 e. The van der Waals surface area contributed by atoms with Gasteiger partial charge in [0.2, 0.25) is 5.88 Å². The summed E-state index contributed by atoms with van der Waals surface area (Å²) in [6.07, 6.45) is 12.4. The smallest absolute Gasteiger partial charge is 0.303 e. The summed E-state index contributed by atoms with van der Waals surface area (Å²) in [6, 6.07) is 7.80. The zero-order chi connectivity index (χ0) is 25.5. The van der Waals surface area contributed by atoms with Gasteiger partial charge in [-0.3, -0.25) is 4.79 Å². The van der Waals surface area contributed by atoms with E-state index < -0.39 is 12.1 Å². The number of aliphatic hydroxyl groups excluding tert-OH is 1. The third-order valence-electron chi connectivity index (χ3n) is 6.06. The fourth-order valence-corrected chi connectivity index (χ4v) is 4.18. The number of methoxy groups -OCH3 is 1. The maximum atomic E-state index is 11.3. The van der Waals surface area contributed by atoms with E-state index in [1.54, 1.807) is 12.3 Å². The highest BCUT2D eigenvalue weighted by Gasteiger charge is 2.20. The molecule has 0 fully saturated rings. The van der Waals surface area contributed by atoms with E-state index >= 15 is 0 Å². The fraction of sp³-hybridized carbons (Fsp3) is 0.536. The molecule has 2 atom stereocenters. The summed E-state index contributed by atoms with van der Waals surface area (Å²) >= 11 is 0. The van der Waals surface area contributed by atoms with Crippen LogP contribution < -0.4 is 10.1 Å². The number of hydrogen-bond donors (Lipinski definition) is 3. The summed E-state index contributed by atoms with van der Waals surface area (Å²) in [6.45, 7) is 5.14. The van der Waals surface area contributed by atoms with Gasteiger partial charge in [-0.15, -0.1) is 0 Å². The highest BCUT2D eigenvalue weighted by molar-refractivity contribution is 5.68. The van der Waals surface area contributed by atoms with Crippen molar-refractivity contribution in [2.75, 3.05) is 19.0 Å². The number of ether oxygens (including phenoxy) is 1. The van der Waals surface area contributed by atoms with E-state index in [4.69, 9.17) is 9.72 Å². The van der Waals surface area contributed by atoms with Crippen molar-refractivity contribution in [1.29, 1.82) is 0 Å². The van der Waals surface area contributed by atoms with Gasteiger partial charge in [-0.1, -0.05) is 37.6 Å². The Labute approximate surface area is 209 Å². The van der Waals surface area contributed by atoms with Crippen LogP contribution >= 0.6 is 0 Å². The lowest BCUT2D eigenvalue weighted by atomic mass is 9.89. The van der Waals surface area contributed by atoms with E-state index in [1.165, 1.54) is 12.7 Å². The fourth-order valence-electron chi connectivity index (χ4n) is 4.18. The number of carboxylic acid groups (broad SMARTS) is 1. The van der Waals surface area contributed by atoms with E-state index in [0.29, 0.717) is 18.7 Å². The molecule has 2 aromatic heterocycles. The molecule has 3 N–H and O–H groups in total. The molecule has 1 aliphatic rings. The zero-order valence-corrected chi connectivity index (χ0v) is 21.4. The number of unbranched alkanes of at least 4 members (excludes halogenated alkanes) is 1. The van der Waals surface area contributed by atoms with Gasteiger partial charge in [0.15, 0.2) is 0 Å². The molecule has 1 aliphatic heterocycles.